The molecule has 0 spiro atoms. The summed E-state index contributed by atoms with van der Waals surface area (Å²) >= 11 is 1.41. The van der Waals surface area contributed by atoms with E-state index in [1.54, 1.807) is 19.2 Å². The number of rotatable bonds is 4. The second-order valence-corrected chi connectivity index (χ2v) is 4.95. The lowest BCUT2D eigenvalue weighted by atomic mass is 10.2. The zero-order valence-corrected chi connectivity index (χ0v) is 11.1. The molecule has 2 nitrogen and oxygen atoms in total. The maximum atomic E-state index is 13.5. The van der Waals surface area contributed by atoms with Gasteiger partial charge >= 0.3 is 0 Å². The smallest absolute Gasteiger partial charge is 0.134 e. The summed E-state index contributed by atoms with van der Waals surface area (Å²) in [7, 11) is 1.55. The summed E-state index contributed by atoms with van der Waals surface area (Å²) < 4.78 is 31.5. The fraction of sp³-hybridized carbons (Fsp3) is 0.143. The standard InChI is InChI=1S/C14H13F2NOS/c1-18-13-7-11(17)4-5-14(13)19-8-9-2-3-10(15)6-12(9)16/h2-7H,8,17H2,1H3. The van der Waals surface area contributed by atoms with E-state index in [4.69, 9.17) is 10.5 Å². The van der Waals surface area contributed by atoms with Crippen molar-refractivity contribution in [1.29, 1.82) is 0 Å². The van der Waals surface area contributed by atoms with Gasteiger partial charge in [0, 0.05) is 28.5 Å². The highest BCUT2D eigenvalue weighted by Crippen LogP contribution is 2.33. The fourth-order valence-electron chi connectivity index (χ4n) is 1.60. The minimum absolute atomic E-state index is 0.395. The highest BCUT2D eigenvalue weighted by atomic mass is 32.2. The number of hydrogen-bond acceptors (Lipinski definition) is 3. The van der Waals surface area contributed by atoms with Gasteiger partial charge in [0.15, 0.2) is 0 Å². The Kier molecular flexibility index (Phi) is 4.27. The zero-order valence-electron chi connectivity index (χ0n) is 10.3. The predicted octanol–water partition coefficient (Wildman–Crippen LogP) is 3.85. The minimum Gasteiger partial charge on any atom is -0.496 e. The Morgan fingerprint density at radius 3 is 2.63 bits per heavy atom. The normalized spacial score (nSPS) is 10.5. The van der Waals surface area contributed by atoms with Crippen LogP contribution in [0.3, 0.4) is 0 Å². The third-order valence-electron chi connectivity index (χ3n) is 2.59. The van der Waals surface area contributed by atoms with Crippen molar-refractivity contribution in [2.24, 2.45) is 0 Å². The molecule has 0 aliphatic heterocycles. The number of methoxy groups -OCH3 is 1. The Morgan fingerprint density at radius 1 is 1.16 bits per heavy atom. The largest absolute Gasteiger partial charge is 0.496 e. The number of ether oxygens (including phenoxy) is 1. The van der Waals surface area contributed by atoms with Crippen LogP contribution in [0.4, 0.5) is 14.5 Å². The van der Waals surface area contributed by atoms with Crippen LogP contribution in [0.25, 0.3) is 0 Å². The Labute approximate surface area is 114 Å². The van der Waals surface area contributed by atoms with Crippen molar-refractivity contribution in [3.05, 3.63) is 53.6 Å². The zero-order chi connectivity index (χ0) is 13.8. The van der Waals surface area contributed by atoms with Gasteiger partial charge in [-0.15, -0.1) is 11.8 Å². The van der Waals surface area contributed by atoms with Crippen LogP contribution in [0.5, 0.6) is 5.75 Å². The first-order chi connectivity index (χ1) is 9.10. The Morgan fingerprint density at radius 2 is 1.95 bits per heavy atom. The number of halogens is 2. The number of nitrogens with two attached hydrogens (primary N) is 1. The summed E-state index contributed by atoms with van der Waals surface area (Å²) in [5.74, 6) is -0.0717. The number of thioether (sulfide) groups is 1. The maximum absolute atomic E-state index is 13.5. The molecule has 2 aromatic rings. The van der Waals surface area contributed by atoms with Crippen molar-refractivity contribution < 1.29 is 13.5 Å². The lowest BCUT2D eigenvalue weighted by Crippen LogP contribution is -1.92. The molecule has 0 atom stereocenters. The van der Waals surface area contributed by atoms with Gasteiger partial charge in [-0.25, -0.2) is 8.78 Å². The highest BCUT2D eigenvalue weighted by molar-refractivity contribution is 7.98. The predicted molar refractivity (Wildman–Crippen MR) is 73.3 cm³/mol. The van der Waals surface area contributed by atoms with Crippen LogP contribution in [0.2, 0.25) is 0 Å². The average Bonchev–Trinajstić information content (AvgIpc) is 2.39. The maximum Gasteiger partial charge on any atom is 0.134 e. The number of hydrogen-bond donors (Lipinski definition) is 1. The van der Waals surface area contributed by atoms with Gasteiger partial charge in [0.2, 0.25) is 0 Å². The molecule has 0 bridgehead atoms. The molecule has 0 aliphatic rings. The van der Waals surface area contributed by atoms with Crippen LogP contribution in [-0.4, -0.2) is 7.11 Å². The average molecular weight is 281 g/mol. The summed E-state index contributed by atoms with van der Waals surface area (Å²) in [5.41, 5.74) is 6.72. The van der Waals surface area contributed by atoms with E-state index in [0.29, 0.717) is 22.8 Å². The Balaban J connectivity index is 2.14. The van der Waals surface area contributed by atoms with Gasteiger partial charge in [-0.3, -0.25) is 0 Å². The molecule has 2 rings (SSSR count). The van der Waals surface area contributed by atoms with Gasteiger partial charge in [0.1, 0.15) is 17.4 Å². The second-order valence-electron chi connectivity index (χ2n) is 3.93. The van der Waals surface area contributed by atoms with Gasteiger partial charge in [-0.05, 0) is 23.8 Å². The van der Waals surface area contributed by atoms with Crippen LogP contribution in [-0.2, 0) is 5.75 Å². The van der Waals surface area contributed by atoms with Gasteiger partial charge < -0.3 is 10.5 Å². The Hall–Kier alpha value is -1.75. The monoisotopic (exact) mass is 281 g/mol. The molecule has 0 saturated heterocycles. The molecule has 0 saturated carbocycles. The van der Waals surface area contributed by atoms with Gasteiger partial charge in [0.05, 0.1) is 7.11 Å². The molecular weight excluding hydrogens is 268 g/mol. The lowest BCUT2D eigenvalue weighted by Gasteiger charge is -2.09. The summed E-state index contributed by atoms with van der Waals surface area (Å²) in [4.78, 5) is 0.862. The minimum atomic E-state index is -0.573. The van der Waals surface area contributed by atoms with E-state index in [-0.39, 0.29) is 0 Å². The molecule has 0 unspecified atom stereocenters. The van der Waals surface area contributed by atoms with Crippen molar-refractivity contribution in [2.75, 3.05) is 12.8 Å². The first kappa shape index (κ1) is 13.7. The Bertz CT molecular complexity index is 590. The molecule has 5 heteroatoms. The topological polar surface area (TPSA) is 35.2 Å². The number of nitrogen functional groups attached to an aromatic ring is 1. The molecule has 0 radical (unpaired) electrons. The number of anilines is 1. The van der Waals surface area contributed by atoms with Crippen molar-refractivity contribution in [2.45, 2.75) is 10.6 Å². The third-order valence-corrected chi connectivity index (χ3v) is 3.69. The van der Waals surface area contributed by atoms with E-state index in [1.807, 2.05) is 6.07 Å². The van der Waals surface area contributed by atoms with E-state index in [0.717, 1.165) is 11.0 Å². The van der Waals surface area contributed by atoms with Crippen LogP contribution in [0.1, 0.15) is 5.56 Å². The SMILES string of the molecule is COc1cc(N)ccc1SCc1ccc(F)cc1F. The van der Waals surface area contributed by atoms with Crippen LogP contribution >= 0.6 is 11.8 Å². The van der Waals surface area contributed by atoms with Crippen molar-refractivity contribution in [1.82, 2.24) is 0 Å². The van der Waals surface area contributed by atoms with Crippen molar-refractivity contribution >= 4 is 17.4 Å². The lowest BCUT2D eigenvalue weighted by molar-refractivity contribution is 0.405. The summed E-state index contributed by atoms with van der Waals surface area (Å²) in [6.45, 7) is 0. The summed E-state index contributed by atoms with van der Waals surface area (Å²) in [6.07, 6.45) is 0. The van der Waals surface area contributed by atoms with E-state index in [9.17, 15) is 8.78 Å². The van der Waals surface area contributed by atoms with E-state index >= 15 is 0 Å². The second kappa shape index (κ2) is 5.93. The van der Waals surface area contributed by atoms with Crippen molar-refractivity contribution in [3.63, 3.8) is 0 Å². The molecule has 0 fully saturated rings. The molecular formula is C14H13F2NOS. The van der Waals surface area contributed by atoms with Crippen molar-refractivity contribution in [3.8, 4) is 5.75 Å². The summed E-state index contributed by atoms with van der Waals surface area (Å²) in [6, 6.07) is 8.87. The molecule has 2 N–H and O–H groups in total. The molecule has 0 aromatic heterocycles. The molecule has 2 aromatic carbocycles. The van der Waals surface area contributed by atoms with Gasteiger partial charge in [0.25, 0.3) is 0 Å². The van der Waals surface area contributed by atoms with Crippen LogP contribution < -0.4 is 10.5 Å². The number of benzene rings is 2. The highest BCUT2D eigenvalue weighted by Gasteiger charge is 2.08. The first-order valence-corrected chi connectivity index (χ1v) is 6.59. The van der Waals surface area contributed by atoms with Gasteiger partial charge in [-0.1, -0.05) is 6.07 Å². The fourth-order valence-corrected chi connectivity index (χ4v) is 2.59. The third kappa shape index (κ3) is 3.38. The summed E-state index contributed by atoms with van der Waals surface area (Å²) in [5, 5.41) is 0. The molecule has 100 valence electrons. The molecule has 0 aliphatic carbocycles. The van der Waals surface area contributed by atoms with Gasteiger partial charge in [-0.2, -0.15) is 0 Å². The first-order valence-electron chi connectivity index (χ1n) is 5.60. The van der Waals surface area contributed by atoms with E-state index < -0.39 is 11.6 Å². The molecule has 19 heavy (non-hydrogen) atoms. The van der Waals surface area contributed by atoms with Crippen LogP contribution in [0.15, 0.2) is 41.3 Å². The van der Waals surface area contributed by atoms with Crippen LogP contribution in [0, 0.1) is 11.6 Å². The molecule has 0 heterocycles. The molecule has 0 amide bonds. The van der Waals surface area contributed by atoms with E-state index in [1.165, 1.54) is 23.9 Å². The van der Waals surface area contributed by atoms with E-state index in [2.05, 4.69) is 0 Å². The quantitative estimate of drug-likeness (QED) is 0.683.